The summed E-state index contributed by atoms with van der Waals surface area (Å²) in [5.74, 6) is 1.70. The van der Waals surface area contributed by atoms with E-state index in [4.69, 9.17) is 0 Å². The highest BCUT2D eigenvalue weighted by molar-refractivity contribution is 4.85. The lowest BCUT2D eigenvalue weighted by atomic mass is 9.85. The van der Waals surface area contributed by atoms with Crippen molar-refractivity contribution in [3.63, 3.8) is 0 Å². The zero-order valence-corrected chi connectivity index (χ0v) is 13.2. The minimum absolute atomic E-state index is 0.673. The van der Waals surface area contributed by atoms with Crippen molar-refractivity contribution in [2.45, 2.75) is 72.4 Å². The van der Waals surface area contributed by atoms with Crippen LogP contribution in [-0.2, 0) is 0 Å². The van der Waals surface area contributed by atoms with E-state index in [9.17, 15) is 0 Å². The summed E-state index contributed by atoms with van der Waals surface area (Å²) in [4.78, 5) is 2.71. The molecular formula is C16H34N2. The number of rotatable bonds is 7. The molecule has 0 radical (unpaired) electrons. The summed E-state index contributed by atoms with van der Waals surface area (Å²) in [6, 6.07) is 1.42. The van der Waals surface area contributed by atoms with Crippen LogP contribution in [0.3, 0.4) is 0 Å². The lowest BCUT2D eigenvalue weighted by Crippen LogP contribution is -2.52. The van der Waals surface area contributed by atoms with Crippen molar-refractivity contribution in [1.29, 1.82) is 0 Å². The molecule has 1 rings (SSSR count). The van der Waals surface area contributed by atoms with Crippen LogP contribution in [0, 0.1) is 11.8 Å². The molecule has 0 spiro atoms. The molecule has 18 heavy (non-hydrogen) atoms. The Hall–Kier alpha value is -0.0800. The maximum atomic E-state index is 3.63. The van der Waals surface area contributed by atoms with Crippen molar-refractivity contribution in [3.8, 4) is 0 Å². The molecule has 0 aromatic heterocycles. The molecule has 0 saturated carbocycles. The Bertz CT molecular complexity index is 217. The van der Waals surface area contributed by atoms with Crippen molar-refractivity contribution >= 4 is 0 Å². The average molecular weight is 254 g/mol. The molecule has 108 valence electrons. The summed E-state index contributed by atoms with van der Waals surface area (Å²) < 4.78 is 0. The van der Waals surface area contributed by atoms with Gasteiger partial charge in [0.1, 0.15) is 0 Å². The number of likely N-dealkylation sites (tertiary alicyclic amines) is 1. The highest BCUT2D eigenvalue weighted by Gasteiger charge is 2.31. The minimum Gasteiger partial charge on any atom is -0.315 e. The largest absolute Gasteiger partial charge is 0.315 e. The second kappa shape index (κ2) is 8.16. The van der Waals surface area contributed by atoms with E-state index in [1.807, 2.05) is 0 Å². The predicted molar refractivity (Wildman–Crippen MR) is 81.0 cm³/mol. The van der Waals surface area contributed by atoms with Crippen LogP contribution in [0.25, 0.3) is 0 Å². The number of nitrogens with zero attached hydrogens (tertiary/aromatic N) is 1. The summed E-state index contributed by atoms with van der Waals surface area (Å²) in [6.45, 7) is 15.5. The third-order valence-electron chi connectivity index (χ3n) is 4.61. The molecule has 2 nitrogen and oxygen atoms in total. The van der Waals surface area contributed by atoms with Crippen molar-refractivity contribution < 1.29 is 0 Å². The minimum atomic E-state index is 0.673. The molecule has 1 N–H and O–H groups in total. The molecule has 1 fully saturated rings. The number of hydrogen-bond donors (Lipinski definition) is 1. The molecule has 1 aliphatic heterocycles. The van der Waals surface area contributed by atoms with E-state index in [0.717, 1.165) is 24.4 Å². The molecule has 1 saturated heterocycles. The molecule has 0 amide bonds. The monoisotopic (exact) mass is 254 g/mol. The number of unbranched alkanes of at least 4 members (excludes halogenated alkanes) is 2. The summed E-state index contributed by atoms with van der Waals surface area (Å²) in [7, 11) is 0. The lowest BCUT2D eigenvalue weighted by molar-refractivity contribution is 0.0466. The first kappa shape index (κ1) is 16.0. The fraction of sp³-hybridized carbons (Fsp3) is 1.00. The van der Waals surface area contributed by atoms with Gasteiger partial charge in [0.2, 0.25) is 0 Å². The van der Waals surface area contributed by atoms with Gasteiger partial charge in [-0.3, -0.25) is 4.90 Å². The van der Waals surface area contributed by atoms with Gasteiger partial charge >= 0.3 is 0 Å². The van der Waals surface area contributed by atoms with Gasteiger partial charge < -0.3 is 5.32 Å². The lowest BCUT2D eigenvalue weighted by Gasteiger charge is -2.44. The summed E-state index contributed by atoms with van der Waals surface area (Å²) in [5.41, 5.74) is 0. The molecule has 0 aliphatic carbocycles. The van der Waals surface area contributed by atoms with E-state index >= 15 is 0 Å². The number of piperidine rings is 1. The zero-order chi connectivity index (χ0) is 13.5. The van der Waals surface area contributed by atoms with Gasteiger partial charge in [-0.25, -0.2) is 0 Å². The van der Waals surface area contributed by atoms with Crippen molar-refractivity contribution in [1.82, 2.24) is 10.2 Å². The number of hydrogen-bond acceptors (Lipinski definition) is 2. The third-order valence-corrected chi connectivity index (χ3v) is 4.61. The Morgan fingerprint density at radius 1 is 1.22 bits per heavy atom. The first-order valence-corrected chi connectivity index (χ1v) is 8.02. The Morgan fingerprint density at radius 2 is 1.94 bits per heavy atom. The fourth-order valence-electron chi connectivity index (χ4n) is 3.27. The van der Waals surface area contributed by atoms with Crippen LogP contribution in [0.2, 0.25) is 0 Å². The van der Waals surface area contributed by atoms with Gasteiger partial charge in [-0.15, -0.1) is 0 Å². The maximum Gasteiger partial charge on any atom is 0.0195 e. The van der Waals surface area contributed by atoms with Crippen LogP contribution in [-0.4, -0.2) is 36.6 Å². The Labute approximate surface area is 115 Å². The average Bonchev–Trinajstić information content (AvgIpc) is 2.33. The summed E-state index contributed by atoms with van der Waals surface area (Å²) in [6.07, 6.45) is 5.39. The van der Waals surface area contributed by atoms with Gasteiger partial charge in [-0.05, 0) is 45.1 Å². The first-order chi connectivity index (χ1) is 8.56. The van der Waals surface area contributed by atoms with Gasteiger partial charge in [-0.2, -0.15) is 0 Å². The van der Waals surface area contributed by atoms with Crippen molar-refractivity contribution in [3.05, 3.63) is 0 Å². The molecule has 0 aromatic rings. The van der Waals surface area contributed by atoms with Crippen LogP contribution in [0.1, 0.15) is 60.3 Å². The molecule has 1 aliphatic rings. The predicted octanol–water partition coefficient (Wildman–Crippen LogP) is 3.52. The summed E-state index contributed by atoms with van der Waals surface area (Å²) >= 11 is 0. The van der Waals surface area contributed by atoms with Crippen LogP contribution in [0.4, 0.5) is 0 Å². The van der Waals surface area contributed by atoms with Crippen molar-refractivity contribution in [2.24, 2.45) is 11.8 Å². The Balaban J connectivity index is 2.28. The Morgan fingerprint density at radius 3 is 2.61 bits per heavy atom. The topological polar surface area (TPSA) is 15.3 Å². The van der Waals surface area contributed by atoms with E-state index in [1.54, 1.807) is 0 Å². The Kier molecular flexibility index (Phi) is 7.25. The van der Waals surface area contributed by atoms with Crippen LogP contribution >= 0.6 is 0 Å². The van der Waals surface area contributed by atoms with Crippen LogP contribution < -0.4 is 5.32 Å². The highest BCUT2D eigenvalue weighted by atomic mass is 15.2. The van der Waals surface area contributed by atoms with Crippen LogP contribution in [0.15, 0.2) is 0 Å². The standard InChI is InChI=1S/C16H34N2/c1-6-7-8-9-17-11-15(4)18-12-13(2)10-14(3)16(18)5/h13-17H,6-12H2,1-5H3. The zero-order valence-electron chi connectivity index (χ0n) is 13.2. The van der Waals surface area contributed by atoms with Gasteiger partial charge in [0.25, 0.3) is 0 Å². The van der Waals surface area contributed by atoms with Gasteiger partial charge in [0, 0.05) is 25.2 Å². The van der Waals surface area contributed by atoms with Gasteiger partial charge in [-0.1, -0.05) is 33.6 Å². The third kappa shape index (κ3) is 4.89. The van der Waals surface area contributed by atoms with E-state index < -0.39 is 0 Å². The smallest absolute Gasteiger partial charge is 0.0195 e. The van der Waals surface area contributed by atoms with Gasteiger partial charge in [0.05, 0.1) is 0 Å². The second-order valence-corrected chi connectivity index (χ2v) is 6.52. The molecular weight excluding hydrogens is 220 g/mol. The quantitative estimate of drug-likeness (QED) is 0.699. The first-order valence-electron chi connectivity index (χ1n) is 8.02. The molecule has 4 atom stereocenters. The molecule has 0 bridgehead atoms. The van der Waals surface area contributed by atoms with E-state index in [0.29, 0.717) is 6.04 Å². The fourth-order valence-corrected chi connectivity index (χ4v) is 3.27. The normalized spacial score (nSPS) is 31.5. The van der Waals surface area contributed by atoms with Crippen LogP contribution in [0.5, 0.6) is 0 Å². The van der Waals surface area contributed by atoms with E-state index in [2.05, 4.69) is 44.8 Å². The second-order valence-electron chi connectivity index (χ2n) is 6.52. The van der Waals surface area contributed by atoms with Crippen molar-refractivity contribution in [2.75, 3.05) is 19.6 Å². The maximum absolute atomic E-state index is 3.63. The molecule has 2 heteroatoms. The molecule has 4 unspecified atom stereocenters. The van der Waals surface area contributed by atoms with Gasteiger partial charge in [0.15, 0.2) is 0 Å². The van der Waals surface area contributed by atoms with E-state index in [1.165, 1.54) is 38.8 Å². The highest BCUT2D eigenvalue weighted by Crippen LogP contribution is 2.28. The molecule has 1 heterocycles. The number of nitrogens with one attached hydrogen (secondary N) is 1. The van der Waals surface area contributed by atoms with E-state index in [-0.39, 0.29) is 0 Å². The summed E-state index contributed by atoms with van der Waals surface area (Å²) in [5, 5.41) is 3.63. The molecule has 0 aromatic carbocycles. The SMILES string of the molecule is CCCCCNCC(C)N1CC(C)CC(C)C1C.